The maximum Gasteiger partial charge on any atom is 0.220 e. The standard InChI is InChI=1S/C74H125NO18/c1-3-5-7-9-11-13-15-17-19-21-23-24-25-26-27-28-29-30-31-32-34-36-38-40-42-44-46-48-50-52-62(80)75-57(58(79)51-49-47-45-43-41-39-37-35-33-22-20-18-16-14-12-10-8-6-4-2)56-88-72-68(86)65(83)70(60(54-77)90-72)93-74-69(87)66(84)71(61(55-78)91-74)92-73-67(85)64(82)63(81)59(53-76)89-73/h5,7,11,13,17,19,23-24,26-27,29-30,32,34,38,40,49,51,57-61,63-74,76-79,81-87H,3-4,6,8-10,12,14-16,18,20-22,25,28,31,33,35-37,39,41-48,50,52-56H2,1-2H3,(H,75,80)/b7-5-,13-11-,19-17-,24-23-,27-26-,30-29-,34-32-,40-38-,51-49+. The van der Waals surface area contributed by atoms with E-state index in [1.807, 2.05) is 6.08 Å². The highest BCUT2D eigenvalue weighted by atomic mass is 16.8. The van der Waals surface area contributed by atoms with Gasteiger partial charge in [-0.05, 0) is 83.5 Å². The van der Waals surface area contributed by atoms with E-state index in [4.69, 9.17) is 28.4 Å². The molecule has 3 aliphatic rings. The van der Waals surface area contributed by atoms with Crippen LogP contribution in [0.3, 0.4) is 0 Å². The van der Waals surface area contributed by atoms with Crippen molar-refractivity contribution in [3.63, 3.8) is 0 Å². The van der Waals surface area contributed by atoms with Crippen molar-refractivity contribution in [3.05, 3.63) is 109 Å². The van der Waals surface area contributed by atoms with Crippen molar-refractivity contribution in [3.8, 4) is 0 Å². The van der Waals surface area contributed by atoms with Gasteiger partial charge in [0.1, 0.15) is 73.2 Å². The predicted octanol–water partition coefficient (Wildman–Crippen LogP) is 9.83. The Bertz CT molecular complexity index is 2110. The zero-order valence-electron chi connectivity index (χ0n) is 56.4. The van der Waals surface area contributed by atoms with Crippen molar-refractivity contribution in [2.45, 2.75) is 324 Å². The molecule has 0 aliphatic carbocycles. The highest BCUT2D eigenvalue weighted by molar-refractivity contribution is 5.76. The summed E-state index contributed by atoms with van der Waals surface area (Å²) in [4.78, 5) is 13.4. The largest absolute Gasteiger partial charge is 0.394 e. The number of nitrogens with one attached hydrogen (secondary N) is 1. The van der Waals surface area contributed by atoms with Crippen LogP contribution in [0, 0.1) is 0 Å². The van der Waals surface area contributed by atoms with Crippen molar-refractivity contribution < 1.29 is 89.4 Å². The van der Waals surface area contributed by atoms with Gasteiger partial charge in [0.15, 0.2) is 18.9 Å². The topological polar surface area (TPSA) is 307 Å². The van der Waals surface area contributed by atoms with Gasteiger partial charge >= 0.3 is 0 Å². The minimum Gasteiger partial charge on any atom is -0.394 e. The number of carbonyl (C=O) groups is 1. The van der Waals surface area contributed by atoms with E-state index in [1.165, 1.54) is 89.9 Å². The van der Waals surface area contributed by atoms with E-state index in [0.717, 1.165) is 103 Å². The van der Waals surface area contributed by atoms with E-state index in [1.54, 1.807) is 6.08 Å². The number of allylic oxidation sites excluding steroid dienone is 17. The molecule has 0 spiro atoms. The number of hydrogen-bond donors (Lipinski definition) is 12. The number of rotatable bonds is 53. The van der Waals surface area contributed by atoms with E-state index in [-0.39, 0.29) is 18.9 Å². The van der Waals surface area contributed by atoms with Crippen LogP contribution in [-0.2, 0) is 33.2 Å². The average molecular weight is 1320 g/mol. The van der Waals surface area contributed by atoms with Crippen LogP contribution in [-0.4, -0.2) is 193 Å². The van der Waals surface area contributed by atoms with E-state index in [0.29, 0.717) is 6.42 Å². The predicted molar refractivity (Wildman–Crippen MR) is 364 cm³/mol. The van der Waals surface area contributed by atoms with Crippen LogP contribution in [0.25, 0.3) is 0 Å². The van der Waals surface area contributed by atoms with Crippen molar-refractivity contribution in [1.82, 2.24) is 5.32 Å². The molecule has 3 rings (SSSR count). The smallest absolute Gasteiger partial charge is 0.220 e. The summed E-state index contributed by atoms with van der Waals surface area (Å²) in [5, 5.41) is 121. The van der Waals surface area contributed by atoms with Gasteiger partial charge in [-0.2, -0.15) is 0 Å². The highest BCUT2D eigenvalue weighted by Gasteiger charge is 2.53. The zero-order valence-corrected chi connectivity index (χ0v) is 56.4. The Morgan fingerprint density at radius 3 is 1.16 bits per heavy atom. The summed E-state index contributed by atoms with van der Waals surface area (Å²) in [6, 6.07) is -0.996. The van der Waals surface area contributed by atoms with Crippen LogP contribution in [0.2, 0.25) is 0 Å². The lowest BCUT2D eigenvalue weighted by molar-refractivity contribution is -0.379. The normalized spacial score (nSPS) is 28.2. The minimum atomic E-state index is -1.99. The van der Waals surface area contributed by atoms with Crippen molar-refractivity contribution in [2.75, 3.05) is 26.4 Å². The van der Waals surface area contributed by atoms with Gasteiger partial charge in [-0.1, -0.05) is 239 Å². The molecule has 12 N–H and O–H groups in total. The third-order valence-corrected chi connectivity index (χ3v) is 17.1. The summed E-state index contributed by atoms with van der Waals surface area (Å²) in [6.07, 6.45) is 46.2. The molecular formula is C74H125NO18. The van der Waals surface area contributed by atoms with Gasteiger partial charge in [0.05, 0.1) is 38.6 Å². The molecule has 0 bridgehead atoms. The molecule has 93 heavy (non-hydrogen) atoms. The van der Waals surface area contributed by atoms with Crippen LogP contribution in [0.1, 0.15) is 219 Å². The van der Waals surface area contributed by atoms with Crippen molar-refractivity contribution >= 4 is 5.91 Å². The Morgan fingerprint density at radius 1 is 0.398 bits per heavy atom. The molecule has 3 saturated heterocycles. The van der Waals surface area contributed by atoms with Crippen molar-refractivity contribution in [2.24, 2.45) is 0 Å². The quantitative estimate of drug-likeness (QED) is 0.0199. The van der Waals surface area contributed by atoms with Gasteiger partial charge < -0.3 is 89.9 Å². The van der Waals surface area contributed by atoms with Gasteiger partial charge in [0, 0.05) is 6.42 Å². The second-order valence-electron chi connectivity index (χ2n) is 25.0. The lowest BCUT2D eigenvalue weighted by atomic mass is 9.96. The first-order valence-corrected chi connectivity index (χ1v) is 35.6. The van der Waals surface area contributed by atoms with Crippen LogP contribution < -0.4 is 5.32 Å². The molecule has 1 amide bonds. The Kier molecular flexibility index (Phi) is 49.0. The maximum absolute atomic E-state index is 13.4. The number of aliphatic hydroxyl groups is 11. The molecule has 0 radical (unpaired) electrons. The number of unbranched alkanes of at least 4 members (excludes halogenated alkanes) is 21. The lowest BCUT2D eigenvalue weighted by Crippen LogP contribution is -2.66. The van der Waals surface area contributed by atoms with E-state index < -0.39 is 124 Å². The van der Waals surface area contributed by atoms with E-state index >= 15 is 0 Å². The molecule has 3 heterocycles. The molecule has 0 aromatic heterocycles. The number of amides is 1. The number of hydrogen-bond acceptors (Lipinski definition) is 18. The Balaban J connectivity index is 1.44. The molecule has 0 aromatic carbocycles. The Labute approximate surface area is 557 Å². The summed E-state index contributed by atoms with van der Waals surface area (Å²) in [5.74, 6) is -0.304. The first-order valence-electron chi connectivity index (χ1n) is 35.6. The summed E-state index contributed by atoms with van der Waals surface area (Å²) in [7, 11) is 0. The van der Waals surface area contributed by atoms with Crippen LogP contribution >= 0.6 is 0 Å². The van der Waals surface area contributed by atoms with Gasteiger partial charge in [0.25, 0.3) is 0 Å². The molecule has 17 atom stereocenters. The highest BCUT2D eigenvalue weighted by Crippen LogP contribution is 2.33. The summed E-state index contributed by atoms with van der Waals surface area (Å²) in [6.45, 7) is 1.59. The SMILES string of the molecule is CC/C=C\C/C=C\C/C=C\C/C=C\C/C=C\C/C=C\C/C=C\C/C=C\CCCCCCC(=O)NC(COC1OC(CO)C(OC2OC(CO)C(OC3OC(CO)C(O)C(O)C3O)C(O)C2O)C(O)C1O)C(O)/C=C/CCCCCCCCCCCCCCCCCCC. The summed E-state index contributed by atoms with van der Waals surface area (Å²) in [5.41, 5.74) is 0. The second-order valence-corrected chi connectivity index (χ2v) is 25.0. The molecule has 534 valence electrons. The fourth-order valence-corrected chi connectivity index (χ4v) is 11.3. The van der Waals surface area contributed by atoms with Crippen LogP contribution in [0.5, 0.6) is 0 Å². The third kappa shape index (κ3) is 36.0. The molecule has 17 unspecified atom stereocenters. The first kappa shape index (κ1) is 83.7. The second kappa shape index (κ2) is 54.5. The fraction of sp³-hybridized carbons (Fsp3) is 0.743. The lowest BCUT2D eigenvalue weighted by Gasteiger charge is -2.48. The summed E-state index contributed by atoms with van der Waals surface area (Å²) < 4.78 is 34.3. The molecular weight excluding hydrogens is 1190 g/mol. The maximum atomic E-state index is 13.4. The van der Waals surface area contributed by atoms with Crippen LogP contribution in [0.4, 0.5) is 0 Å². The molecule has 3 fully saturated rings. The van der Waals surface area contributed by atoms with Gasteiger partial charge in [-0.15, -0.1) is 0 Å². The van der Waals surface area contributed by atoms with Gasteiger partial charge in [-0.25, -0.2) is 0 Å². The molecule has 0 saturated carbocycles. The molecule has 19 nitrogen and oxygen atoms in total. The summed E-state index contributed by atoms with van der Waals surface area (Å²) >= 11 is 0. The van der Waals surface area contributed by atoms with Crippen LogP contribution in [0.15, 0.2) is 109 Å². The van der Waals surface area contributed by atoms with E-state index in [9.17, 15) is 61.0 Å². The number of aliphatic hydroxyl groups excluding tert-OH is 11. The molecule has 19 heteroatoms. The molecule has 3 aliphatic heterocycles. The third-order valence-electron chi connectivity index (χ3n) is 17.1. The Morgan fingerprint density at radius 2 is 0.742 bits per heavy atom. The van der Waals surface area contributed by atoms with Gasteiger partial charge in [0.2, 0.25) is 5.91 Å². The first-order chi connectivity index (χ1) is 45.3. The van der Waals surface area contributed by atoms with Gasteiger partial charge in [-0.3, -0.25) is 4.79 Å². The minimum absolute atomic E-state index is 0.206. The average Bonchev–Trinajstić information content (AvgIpc) is 1.00. The molecule has 0 aromatic rings. The van der Waals surface area contributed by atoms with Crippen molar-refractivity contribution in [1.29, 1.82) is 0 Å². The zero-order chi connectivity index (χ0) is 67.5. The number of ether oxygens (including phenoxy) is 6. The monoisotopic (exact) mass is 1320 g/mol. The van der Waals surface area contributed by atoms with E-state index in [2.05, 4.69) is 116 Å². The number of carbonyl (C=O) groups excluding carboxylic acids is 1. The fourth-order valence-electron chi connectivity index (χ4n) is 11.3. The Hall–Kier alpha value is -3.55.